The van der Waals surface area contributed by atoms with Crippen molar-refractivity contribution in [1.29, 1.82) is 0 Å². The number of hydrogen-bond acceptors (Lipinski definition) is 3. The molecule has 1 saturated heterocycles. The van der Waals surface area contributed by atoms with Gasteiger partial charge >= 0.3 is 0 Å². The van der Waals surface area contributed by atoms with Gasteiger partial charge in [-0.3, -0.25) is 9.59 Å². The third-order valence-electron chi connectivity index (χ3n) is 2.93. The molecule has 2 amide bonds. The quantitative estimate of drug-likeness (QED) is 0.782. The van der Waals surface area contributed by atoms with Crippen molar-refractivity contribution in [3.8, 4) is 0 Å². The van der Waals surface area contributed by atoms with Gasteiger partial charge in [-0.15, -0.1) is 0 Å². The number of nitrogens with zero attached hydrogens (tertiary/aromatic N) is 1. The number of piperazine rings is 1. The molecule has 1 aromatic carbocycles. The molecule has 1 heterocycles. The molecule has 1 aliphatic heterocycles. The van der Waals surface area contributed by atoms with Crippen LogP contribution >= 0.6 is 0 Å². The fourth-order valence-electron chi connectivity index (χ4n) is 1.94. The van der Waals surface area contributed by atoms with E-state index in [1.165, 1.54) is 4.90 Å². The Kier molecular flexibility index (Phi) is 3.94. The Labute approximate surface area is 106 Å². The Balaban J connectivity index is 2.16. The molecule has 0 unspecified atom stereocenters. The van der Waals surface area contributed by atoms with Crippen LogP contribution in [0.15, 0.2) is 24.3 Å². The molecule has 5 heteroatoms. The Morgan fingerprint density at radius 1 is 1.39 bits per heavy atom. The third-order valence-corrected chi connectivity index (χ3v) is 2.93. The highest BCUT2D eigenvalue weighted by molar-refractivity contribution is 6.04. The highest BCUT2D eigenvalue weighted by atomic mass is 16.2. The Bertz CT molecular complexity index is 459. The molecule has 1 fully saturated rings. The maximum atomic E-state index is 11.8. The number of likely N-dealkylation sites (N-methyl/N-ethyl adjacent to an activating group) is 1. The predicted octanol–water partition coefficient (Wildman–Crippen LogP) is -0.0887. The first-order valence-corrected chi connectivity index (χ1v) is 6.01. The fraction of sp³-hybridized carbons (Fsp3) is 0.385. The second-order valence-corrected chi connectivity index (χ2v) is 4.28. The molecule has 5 nitrogen and oxygen atoms in total. The summed E-state index contributed by atoms with van der Waals surface area (Å²) in [6, 6.07) is 7.77. The third kappa shape index (κ3) is 2.87. The lowest BCUT2D eigenvalue weighted by Gasteiger charge is -2.27. The van der Waals surface area contributed by atoms with E-state index in [4.69, 9.17) is 0 Å². The van der Waals surface area contributed by atoms with Crippen LogP contribution in [0.2, 0.25) is 0 Å². The molecule has 0 radical (unpaired) electrons. The van der Waals surface area contributed by atoms with Gasteiger partial charge in [-0.05, 0) is 37.7 Å². The van der Waals surface area contributed by atoms with Crippen LogP contribution in [0.25, 0.3) is 0 Å². The average Bonchev–Trinajstić information content (AvgIpc) is 2.39. The van der Waals surface area contributed by atoms with E-state index in [-0.39, 0.29) is 24.9 Å². The van der Waals surface area contributed by atoms with E-state index in [1.54, 1.807) is 0 Å². The molecule has 0 bridgehead atoms. The molecular weight excluding hydrogens is 230 g/mol. The normalized spacial score (nSPS) is 15.7. The standard InChI is InChI=1S/C13H17N3O2/c1-14-6-5-10-3-2-4-11(7-10)16-9-12(17)15-8-13(16)18/h2-4,7,14H,5-6,8-9H2,1H3,(H,15,17). The molecule has 0 aliphatic carbocycles. The van der Waals surface area contributed by atoms with Gasteiger partial charge < -0.3 is 15.5 Å². The van der Waals surface area contributed by atoms with Crippen molar-refractivity contribution in [1.82, 2.24) is 10.6 Å². The molecule has 18 heavy (non-hydrogen) atoms. The van der Waals surface area contributed by atoms with Gasteiger partial charge in [-0.2, -0.15) is 0 Å². The molecule has 0 aromatic heterocycles. The number of carbonyl (C=O) groups excluding carboxylic acids is 2. The lowest BCUT2D eigenvalue weighted by atomic mass is 10.1. The second-order valence-electron chi connectivity index (χ2n) is 4.28. The topological polar surface area (TPSA) is 61.4 Å². The summed E-state index contributed by atoms with van der Waals surface area (Å²) < 4.78 is 0. The van der Waals surface area contributed by atoms with Crippen LogP contribution in [0.3, 0.4) is 0 Å². The summed E-state index contributed by atoms with van der Waals surface area (Å²) in [6.45, 7) is 1.08. The summed E-state index contributed by atoms with van der Waals surface area (Å²) in [5, 5.41) is 5.63. The zero-order valence-electron chi connectivity index (χ0n) is 10.4. The first-order valence-electron chi connectivity index (χ1n) is 6.01. The molecule has 0 atom stereocenters. The van der Waals surface area contributed by atoms with E-state index in [1.807, 2.05) is 31.3 Å². The lowest BCUT2D eigenvalue weighted by molar-refractivity contribution is -0.128. The van der Waals surface area contributed by atoms with E-state index in [0.29, 0.717) is 0 Å². The highest BCUT2D eigenvalue weighted by Gasteiger charge is 2.24. The smallest absolute Gasteiger partial charge is 0.246 e. The average molecular weight is 247 g/mol. The summed E-state index contributed by atoms with van der Waals surface area (Å²) in [5.74, 6) is -0.185. The van der Waals surface area contributed by atoms with Gasteiger partial charge in [0.2, 0.25) is 11.8 Å². The molecule has 96 valence electrons. The van der Waals surface area contributed by atoms with Gasteiger partial charge in [0.25, 0.3) is 0 Å². The van der Waals surface area contributed by atoms with Crippen LogP contribution in [0.4, 0.5) is 5.69 Å². The Hall–Kier alpha value is -1.88. The van der Waals surface area contributed by atoms with Crippen LogP contribution in [-0.4, -0.2) is 38.5 Å². The van der Waals surface area contributed by atoms with Crippen molar-refractivity contribution in [3.05, 3.63) is 29.8 Å². The number of nitrogens with one attached hydrogen (secondary N) is 2. The molecule has 2 N–H and O–H groups in total. The van der Waals surface area contributed by atoms with E-state index < -0.39 is 0 Å². The summed E-state index contributed by atoms with van der Waals surface area (Å²) in [5.41, 5.74) is 1.95. The van der Waals surface area contributed by atoms with E-state index in [2.05, 4.69) is 10.6 Å². The number of hydrogen-bond donors (Lipinski definition) is 2. The molecule has 1 aliphatic rings. The van der Waals surface area contributed by atoms with Crippen LogP contribution in [0, 0.1) is 0 Å². The number of benzene rings is 1. The molecule has 0 spiro atoms. The van der Waals surface area contributed by atoms with Gasteiger partial charge in [0, 0.05) is 5.69 Å². The van der Waals surface area contributed by atoms with Gasteiger partial charge in [0.15, 0.2) is 0 Å². The monoisotopic (exact) mass is 247 g/mol. The van der Waals surface area contributed by atoms with Crippen LogP contribution < -0.4 is 15.5 Å². The van der Waals surface area contributed by atoms with Gasteiger partial charge in [-0.25, -0.2) is 0 Å². The van der Waals surface area contributed by atoms with Crippen molar-refractivity contribution >= 4 is 17.5 Å². The van der Waals surface area contributed by atoms with Crippen LogP contribution in [0.5, 0.6) is 0 Å². The van der Waals surface area contributed by atoms with Crippen LogP contribution in [-0.2, 0) is 16.0 Å². The zero-order chi connectivity index (χ0) is 13.0. The summed E-state index contributed by atoms with van der Waals surface area (Å²) in [7, 11) is 1.91. The van der Waals surface area contributed by atoms with E-state index >= 15 is 0 Å². The minimum atomic E-state index is -0.116. The number of carbonyl (C=O) groups is 2. The van der Waals surface area contributed by atoms with Crippen molar-refractivity contribution in [2.75, 3.05) is 31.6 Å². The van der Waals surface area contributed by atoms with E-state index in [9.17, 15) is 9.59 Å². The second kappa shape index (κ2) is 5.64. The first-order chi connectivity index (χ1) is 8.70. The summed E-state index contributed by atoms with van der Waals surface area (Å²) >= 11 is 0. The predicted molar refractivity (Wildman–Crippen MR) is 69.4 cm³/mol. The van der Waals surface area contributed by atoms with Gasteiger partial charge in [0.1, 0.15) is 6.54 Å². The largest absolute Gasteiger partial charge is 0.345 e. The summed E-state index contributed by atoms with van der Waals surface area (Å²) in [4.78, 5) is 24.6. The SMILES string of the molecule is CNCCc1cccc(N2CC(=O)NCC2=O)c1. The minimum Gasteiger partial charge on any atom is -0.345 e. The maximum absolute atomic E-state index is 11.8. The van der Waals surface area contributed by atoms with Crippen LogP contribution in [0.1, 0.15) is 5.56 Å². The molecular formula is C13H17N3O2. The Morgan fingerprint density at radius 3 is 3.00 bits per heavy atom. The molecule has 1 aromatic rings. The van der Waals surface area contributed by atoms with Crippen molar-refractivity contribution in [2.24, 2.45) is 0 Å². The lowest BCUT2D eigenvalue weighted by Crippen LogP contribution is -2.51. The van der Waals surface area contributed by atoms with Crippen molar-refractivity contribution in [3.63, 3.8) is 0 Å². The number of anilines is 1. The molecule has 2 rings (SSSR count). The molecule has 0 saturated carbocycles. The van der Waals surface area contributed by atoms with Gasteiger partial charge in [0.05, 0.1) is 6.54 Å². The highest BCUT2D eigenvalue weighted by Crippen LogP contribution is 2.17. The number of rotatable bonds is 4. The minimum absolute atomic E-state index is 0.0691. The maximum Gasteiger partial charge on any atom is 0.246 e. The fourth-order valence-corrected chi connectivity index (χ4v) is 1.94. The Morgan fingerprint density at radius 2 is 2.22 bits per heavy atom. The summed E-state index contributed by atoms with van der Waals surface area (Å²) in [6.07, 6.45) is 0.901. The van der Waals surface area contributed by atoms with Gasteiger partial charge in [-0.1, -0.05) is 12.1 Å². The van der Waals surface area contributed by atoms with Crippen molar-refractivity contribution < 1.29 is 9.59 Å². The van der Waals surface area contributed by atoms with Crippen molar-refractivity contribution in [2.45, 2.75) is 6.42 Å². The first kappa shape index (κ1) is 12.6. The number of amides is 2. The van der Waals surface area contributed by atoms with E-state index in [0.717, 1.165) is 24.2 Å². The zero-order valence-corrected chi connectivity index (χ0v) is 10.4.